The molecule has 5 heteroatoms. The third kappa shape index (κ3) is 5.14. The molecule has 1 aromatic heterocycles. The maximum absolute atomic E-state index is 13.2. The number of hydrogen-bond donors (Lipinski definition) is 1. The van der Waals surface area contributed by atoms with Crippen molar-refractivity contribution in [1.29, 1.82) is 0 Å². The predicted molar refractivity (Wildman–Crippen MR) is 109 cm³/mol. The average molecular weight is 360 g/mol. The van der Waals surface area contributed by atoms with Crippen LogP contribution in [0.4, 0.5) is 11.6 Å². The van der Waals surface area contributed by atoms with Gasteiger partial charge in [0.15, 0.2) is 0 Å². The fourth-order valence-electron chi connectivity index (χ4n) is 2.73. The van der Waals surface area contributed by atoms with Gasteiger partial charge in [-0.2, -0.15) is 0 Å². The number of carbonyl (C=O) groups excluding carboxylic acids is 1. The van der Waals surface area contributed by atoms with E-state index in [0.717, 1.165) is 30.6 Å². The first-order chi connectivity index (χ1) is 13.3. The molecular formula is C22H24N4O. The second kappa shape index (κ2) is 9.48. The first kappa shape index (κ1) is 18.6. The normalized spacial score (nSPS) is 10.4. The summed E-state index contributed by atoms with van der Waals surface area (Å²) in [5, 5.41) is 3.18. The second-order valence-corrected chi connectivity index (χ2v) is 6.26. The van der Waals surface area contributed by atoms with Gasteiger partial charge in [0, 0.05) is 18.4 Å². The molecule has 0 aliphatic rings. The van der Waals surface area contributed by atoms with Crippen LogP contribution in [0.15, 0.2) is 72.9 Å². The van der Waals surface area contributed by atoms with Crippen LogP contribution in [0, 0.1) is 0 Å². The topological polar surface area (TPSA) is 58.1 Å². The minimum absolute atomic E-state index is 0.147. The average Bonchev–Trinajstić information content (AvgIpc) is 2.73. The van der Waals surface area contributed by atoms with Gasteiger partial charge in [0.25, 0.3) is 5.91 Å². The molecule has 0 aliphatic carbocycles. The van der Waals surface area contributed by atoms with Gasteiger partial charge in [0.1, 0.15) is 5.69 Å². The Labute approximate surface area is 160 Å². The lowest BCUT2D eigenvalue weighted by molar-refractivity contribution is 0.0980. The van der Waals surface area contributed by atoms with Crippen LogP contribution in [0.25, 0.3) is 0 Å². The predicted octanol–water partition coefficient (Wildman–Crippen LogP) is 4.54. The first-order valence-corrected chi connectivity index (χ1v) is 9.25. The molecule has 0 spiro atoms. The number of rotatable bonds is 8. The van der Waals surface area contributed by atoms with Crippen molar-refractivity contribution in [2.75, 3.05) is 16.8 Å². The molecule has 0 atom stereocenters. The van der Waals surface area contributed by atoms with Gasteiger partial charge in [-0.15, -0.1) is 0 Å². The molecule has 3 aromatic rings. The molecule has 5 nitrogen and oxygen atoms in total. The summed E-state index contributed by atoms with van der Waals surface area (Å²) in [6, 6.07) is 21.3. The Hall–Kier alpha value is -3.21. The van der Waals surface area contributed by atoms with Crippen molar-refractivity contribution >= 4 is 17.5 Å². The Bertz CT molecular complexity index is 852. The number of amides is 1. The Morgan fingerprint density at radius 3 is 2.41 bits per heavy atom. The van der Waals surface area contributed by atoms with E-state index < -0.39 is 0 Å². The second-order valence-electron chi connectivity index (χ2n) is 6.26. The fourth-order valence-corrected chi connectivity index (χ4v) is 2.73. The van der Waals surface area contributed by atoms with Crippen LogP contribution >= 0.6 is 0 Å². The molecule has 0 unspecified atom stereocenters. The molecule has 27 heavy (non-hydrogen) atoms. The largest absolute Gasteiger partial charge is 0.354 e. The van der Waals surface area contributed by atoms with Crippen LogP contribution in [0.1, 0.15) is 35.8 Å². The molecule has 0 radical (unpaired) electrons. The van der Waals surface area contributed by atoms with Gasteiger partial charge in [-0.05, 0) is 30.2 Å². The molecule has 0 fully saturated rings. The Balaban J connectivity index is 1.85. The van der Waals surface area contributed by atoms with Crippen molar-refractivity contribution in [2.24, 2.45) is 0 Å². The number of para-hydroxylation sites is 1. The van der Waals surface area contributed by atoms with Crippen LogP contribution < -0.4 is 10.2 Å². The van der Waals surface area contributed by atoms with Gasteiger partial charge in [0.05, 0.1) is 6.54 Å². The van der Waals surface area contributed by atoms with Crippen molar-refractivity contribution in [2.45, 2.75) is 26.3 Å². The lowest BCUT2D eigenvalue weighted by Crippen LogP contribution is -2.31. The standard InChI is InChI=1S/C22H24N4O/c1-2-3-15-23-22-24-16-14-20(25-22)21(27)26(19-12-8-5-9-13-19)17-18-10-6-4-7-11-18/h4-14,16H,2-3,15,17H2,1H3,(H,23,24,25). The number of unbranched alkanes of at least 4 members (excludes halogenated alkanes) is 1. The molecule has 3 rings (SSSR count). The summed E-state index contributed by atoms with van der Waals surface area (Å²) in [7, 11) is 0. The summed E-state index contributed by atoms with van der Waals surface area (Å²) >= 11 is 0. The zero-order valence-electron chi connectivity index (χ0n) is 15.5. The van der Waals surface area contributed by atoms with E-state index in [-0.39, 0.29) is 5.91 Å². The van der Waals surface area contributed by atoms with Crippen LogP contribution in [0.3, 0.4) is 0 Å². The SMILES string of the molecule is CCCCNc1nccc(C(=O)N(Cc2ccccc2)c2ccccc2)n1. The van der Waals surface area contributed by atoms with E-state index in [9.17, 15) is 4.79 Å². The number of nitrogens with one attached hydrogen (secondary N) is 1. The maximum Gasteiger partial charge on any atom is 0.277 e. The minimum Gasteiger partial charge on any atom is -0.354 e. The number of nitrogens with zero attached hydrogens (tertiary/aromatic N) is 3. The number of aromatic nitrogens is 2. The number of anilines is 2. The third-order valence-corrected chi connectivity index (χ3v) is 4.18. The highest BCUT2D eigenvalue weighted by Gasteiger charge is 2.20. The van der Waals surface area contributed by atoms with Crippen LogP contribution in [-0.2, 0) is 6.54 Å². The van der Waals surface area contributed by atoms with E-state index in [1.165, 1.54) is 0 Å². The number of benzene rings is 2. The minimum atomic E-state index is -0.147. The van der Waals surface area contributed by atoms with Crippen LogP contribution in [-0.4, -0.2) is 22.4 Å². The summed E-state index contributed by atoms with van der Waals surface area (Å²) in [4.78, 5) is 23.6. The highest BCUT2D eigenvalue weighted by atomic mass is 16.2. The van der Waals surface area contributed by atoms with Gasteiger partial charge < -0.3 is 10.2 Å². The van der Waals surface area contributed by atoms with E-state index in [4.69, 9.17) is 0 Å². The van der Waals surface area contributed by atoms with Gasteiger partial charge in [-0.1, -0.05) is 61.9 Å². The zero-order valence-corrected chi connectivity index (χ0v) is 15.5. The quantitative estimate of drug-likeness (QED) is 0.599. The number of hydrogen-bond acceptors (Lipinski definition) is 4. The smallest absolute Gasteiger partial charge is 0.277 e. The number of carbonyl (C=O) groups is 1. The third-order valence-electron chi connectivity index (χ3n) is 4.18. The summed E-state index contributed by atoms with van der Waals surface area (Å²) in [5.74, 6) is 0.341. The molecule has 0 bridgehead atoms. The maximum atomic E-state index is 13.2. The summed E-state index contributed by atoms with van der Waals surface area (Å²) < 4.78 is 0. The zero-order chi connectivity index (χ0) is 18.9. The van der Waals surface area contributed by atoms with E-state index in [0.29, 0.717) is 18.2 Å². The van der Waals surface area contributed by atoms with Gasteiger partial charge in [-0.25, -0.2) is 9.97 Å². The van der Waals surface area contributed by atoms with Crippen molar-refractivity contribution in [3.63, 3.8) is 0 Å². The van der Waals surface area contributed by atoms with E-state index >= 15 is 0 Å². The van der Waals surface area contributed by atoms with Crippen LogP contribution in [0.2, 0.25) is 0 Å². The van der Waals surface area contributed by atoms with Crippen molar-refractivity contribution in [3.8, 4) is 0 Å². The lowest BCUT2D eigenvalue weighted by atomic mass is 10.2. The Kier molecular flexibility index (Phi) is 6.52. The van der Waals surface area contributed by atoms with Gasteiger partial charge in [-0.3, -0.25) is 4.79 Å². The molecule has 2 aromatic carbocycles. The lowest BCUT2D eigenvalue weighted by Gasteiger charge is -2.23. The Morgan fingerprint density at radius 1 is 1.00 bits per heavy atom. The van der Waals surface area contributed by atoms with Crippen molar-refractivity contribution in [1.82, 2.24) is 9.97 Å². The molecule has 0 aliphatic heterocycles. The fraction of sp³-hybridized carbons (Fsp3) is 0.227. The summed E-state index contributed by atoms with van der Waals surface area (Å²) in [6.45, 7) is 3.40. The van der Waals surface area contributed by atoms with Crippen LogP contribution in [0.5, 0.6) is 0 Å². The van der Waals surface area contributed by atoms with Gasteiger partial charge in [0.2, 0.25) is 5.95 Å². The van der Waals surface area contributed by atoms with E-state index in [2.05, 4.69) is 22.2 Å². The molecule has 1 heterocycles. The van der Waals surface area contributed by atoms with E-state index in [1.807, 2.05) is 60.7 Å². The van der Waals surface area contributed by atoms with Gasteiger partial charge >= 0.3 is 0 Å². The Morgan fingerprint density at radius 2 is 1.70 bits per heavy atom. The monoisotopic (exact) mass is 360 g/mol. The highest BCUT2D eigenvalue weighted by Crippen LogP contribution is 2.19. The summed E-state index contributed by atoms with van der Waals surface area (Å²) in [5.41, 5.74) is 2.28. The molecular weight excluding hydrogens is 336 g/mol. The van der Waals surface area contributed by atoms with E-state index in [1.54, 1.807) is 17.2 Å². The molecule has 0 saturated carbocycles. The molecule has 1 N–H and O–H groups in total. The molecule has 138 valence electrons. The summed E-state index contributed by atoms with van der Waals surface area (Å²) in [6.07, 6.45) is 3.75. The first-order valence-electron chi connectivity index (χ1n) is 9.25. The highest BCUT2D eigenvalue weighted by molar-refractivity contribution is 6.04. The van der Waals surface area contributed by atoms with Crippen molar-refractivity contribution < 1.29 is 4.79 Å². The molecule has 1 amide bonds. The van der Waals surface area contributed by atoms with Crippen molar-refractivity contribution in [3.05, 3.63) is 84.2 Å². The molecule has 0 saturated heterocycles.